The van der Waals surface area contributed by atoms with Crippen LogP contribution in [0.15, 0.2) is 59.3 Å². The summed E-state index contributed by atoms with van der Waals surface area (Å²) in [6.07, 6.45) is 2.69. The molecule has 27 heavy (non-hydrogen) atoms. The molecule has 1 aromatic heterocycles. The quantitative estimate of drug-likeness (QED) is 0.625. The molecule has 0 spiro atoms. The van der Waals surface area contributed by atoms with Gasteiger partial charge < -0.3 is 0 Å². The summed E-state index contributed by atoms with van der Waals surface area (Å²) in [6, 6.07) is 14.3. The van der Waals surface area contributed by atoms with Crippen LogP contribution >= 0.6 is 15.9 Å². The highest BCUT2D eigenvalue weighted by Gasteiger charge is 2.12. The summed E-state index contributed by atoms with van der Waals surface area (Å²) in [6.45, 7) is 0.528. The van der Waals surface area contributed by atoms with Crippen LogP contribution in [0, 0.1) is 0 Å². The third-order valence-corrected chi connectivity index (χ3v) is 5.02. The van der Waals surface area contributed by atoms with E-state index >= 15 is 0 Å². The number of amides is 1. The average molecular weight is 449 g/mol. The van der Waals surface area contributed by atoms with Gasteiger partial charge in [0.05, 0.1) is 12.3 Å². The summed E-state index contributed by atoms with van der Waals surface area (Å²) >= 11 is 3.39. The highest BCUT2D eigenvalue weighted by Crippen LogP contribution is 2.13. The Morgan fingerprint density at radius 1 is 1.15 bits per heavy atom. The van der Waals surface area contributed by atoms with Gasteiger partial charge in [-0.05, 0) is 35.4 Å². The summed E-state index contributed by atoms with van der Waals surface area (Å²) < 4.78 is 25.5. The van der Waals surface area contributed by atoms with Crippen molar-refractivity contribution in [2.45, 2.75) is 12.3 Å². The second-order valence-corrected chi connectivity index (χ2v) is 9.17. The van der Waals surface area contributed by atoms with E-state index in [0.29, 0.717) is 17.7 Å². The zero-order chi connectivity index (χ0) is 19.4. The number of rotatable bonds is 6. The van der Waals surface area contributed by atoms with Crippen LogP contribution in [0.5, 0.6) is 0 Å². The molecule has 0 saturated carbocycles. The Bertz CT molecular complexity index is 1060. The molecule has 9 heteroatoms. The Labute approximate surface area is 165 Å². The highest BCUT2D eigenvalue weighted by atomic mass is 79.9. The maximum absolute atomic E-state index is 12.4. The lowest BCUT2D eigenvalue weighted by Gasteiger charge is -2.04. The monoisotopic (exact) mass is 448 g/mol. The number of nitrogens with one attached hydrogen (secondary N) is 1. The fourth-order valence-corrected chi connectivity index (χ4v) is 3.53. The van der Waals surface area contributed by atoms with E-state index < -0.39 is 15.7 Å². The number of nitrogens with zero attached hydrogens (tertiary/aromatic N) is 3. The van der Waals surface area contributed by atoms with Gasteiger partial charge in [-0.25, -0.2) is 18.1 Å². The fraction of sp³-hybridized carbons (Fsp3) is 0.167. The predicted octanol–water partition coefficient (Wildman–Crippen LogP) is 2.89. The molecule has 0 aliphatic heterocycles. The van der Waals surface area contributed by atoms with Crippen molar-refractivity contribution in [2.24, 2.45) is 0 Å². The third-order valence-electron chi connectivity index (χ3n) is 3.64. The molecule has 7 nitrogen and oxygen atoms in total. The summed E-state index contributed by atoms with van der Waals surface area (Å²) in [5, 5.41) is 6.87. The molecule has 0 radical (unpaired) electrons. The first-order chi connectivity index (χ1) is 12.8. The molecule has 1 N–H and O–H groups in total. The molecule has 1 heterocycles. The number of carbonyl (C=O) groups excluding carboxylic acids is 1. The van der Waals surface area contributed by atoms with Crippen LogP contribution in [0.1, 0.15) is 21.5 Å². The second kappa shape index (κ2) is 8.01. The Hall–Kier alpha value is -2.52. The largest absolute Gasteiger partial charge is 0.289 e. The van der Waals surface area contributed by atoms with Crippen molar-refractivity contribution in [2.75, 3.05) is 11.6 Å². The van der Waals surface area contributed by atoms with Gasteiger partial charge in [0.15, 0.2) is 9.84 Å². The molecule has 0 aliphatic rings. The van der Waals surface area contributed by atoms with Gasteiger partial charge in [-0.1, -0.05) is 40.2 Å². The maximum Gasteiger partial charge on any atom is 0.258 e. The lowest BCUT2D eigenvalue weighted by atomic mass is 10.1. The van der Waals surface area contributed by atoms with Gasteiger partial charge in [-0.15, -0.1) is 5.10 Å². The van der Waals surface area contributed by atoms with Gasteiger partial charge in [0.25, 0.3) is 5.91 Å². The summed E-state index contributed by atoms with van der Waals surface area (Å²) in [5.74, 6) is -0.328. The first-order valence-electron chi connectivity index (χ1n) is 8.00. The van der Waals surface area contributed by atoms with Crippen molar-refractivity contribution in [1.29, 1.82) is 0 Å². The van der Waals surface area contributed by atoms with E-state index in [-0.39, 0.29) is 11.7 Å². The Balaban J connectivity index is 1.67. The van der Waals surface area contributed by atoms with Crippen molar-refractivity contribution in [3.63, 3.8) is 0 Å². The highest BCUT2D eigenvalue weighted by molar-refractivity contribution is 9.10. The summed E-state index contributed by atoms with van der Waals surface area (Å²) in [4.78, 5) is 16.5. The molecule has 0 atom stereocenters. The first kappa shape index (κ1) is 19.2. The van der Waals surface area contributed by atoms with Crippen molar-refractivity contribution >= 4 is 37.6 Å². The van der Waals surface area contributed by atoms with Crippen LogP contribution in [0.4, 0.5) is 5.95 Å². The minimum absolute atomic E-state index is 0.117. The van der Waals surface area contributed by atoms with E-state index in [4.69, 9.17) is 0 Å². The van der Waals surface area contributed by atoms with Crippen molar-refractivity contribution in [3.05, 3.63) is 76.0 Å². The molecule has 140 valence electrons. The number of halogens is 1. The van der Waals surface area contributed by atoms with Gasteiger partial charge in [-0.2, -0.15) is 0 Å². The SMILES string of the molecule is CS(=O)(=O)Cc1cccc(C(=O)Nc2ncn(Cc3ccc(Br)cc3)n2)c1. The number of aromatic nitrogens is 3. The van der Waals surface area contributed by atoms with Crippen molar-refractivity contribution in [3.8, 4) is 0 Å². The Kier molecular flexibility index (Phi) is 5.71. The lowest BCUT2D eigenvalue weighted by Crippen LogP contribution is -2.14. The molecular formula is C18H17BrN4O3S. The van der Waals surface area contributed by atoms with E-state index in [0.717, 1.165) is 16.3 Å². The number of hydrogen-bond donors (Lipinski definition) is 1. The molecule has 0 bridgehead atoms. The van der Waals surface area contributed by atoms with E-state index in [2.05, 4.69) is 31.3 Å². The number of hydrogen-bond acceptors (Lipinski definition) is 5. The smallest absolute Gasteiger partial charge is 0.258 e. The van der Waals surface area contributed by atoms with Gasteiger partial charge in [-0.3, -0.25) is 10.1 Å². The Morgan fingerprint density at radius 2 is 1.89 bits per heavy atom. The molecule has 0 unspecified atom stereocenters. The fourth-order valence-electron chi connectivity index (χ4n) is 2.48. The van der Waals surface area contributed by atoms with Gasteiger partial charge in [0.2, 0.25) is 5.95 Å². The van der Waals surface area contributed by atoms with Crippen LogP contribution < -0.4 is 5.32 Å². The van der Waals surface area contributed by atoms with E-state index in [9.17, 15) is 13.2 Å². The summed E-state index contributed by atoms with van der Waals surface area (Å²) in [7, 11) is -3.17. The van der Waals surface area contributed by atoms with E-state index in [1.807, 2.05) is 24.3 Å². The molecule has 3 rings (SSSR count). The normalized spacial score (nSPS) is 11.3. The van der Waals surface area contributed by atoms with Crippen LogP contribution in [0.2, 0.25) is 0 Å². The van der Waals surface area contributed by atoms with Crippen molar-refractivity contribution < 1.29 is 13.2 Å². The molecule has 0 aliphatic carbocycles. The zero-order valence-corrected chi connectivity index (χ0v) is 16.9. The lowest BCUT2D eigenvalue weighted by molar-refractivity contribution is 0.102. The van der Waals surface area contributed by atoms with Crippen molar-refractivity contribution in [1.82, 2.24) is 14.8 Å². The second-order valence-electron chi connectivity index (χ2n) is 6.12. The number of anilines is 1. The topological polar surface area (TPSA) is 94.0 Å². The summed E-state index contributed by atoms with van der Waals surface area (Å²) in [5.41, 5.74) is 1.95. The van der Waals surface area contributed by atoms with Crippen LogP contribution in [0.25, 0.3) is 0 Å². The van der Waals surface area contributed by atoms with Gasteiger partial charge >= 0.3 is 0 Å². The van der Waals surface area contributed by atoms with Crippen LogP contribution in [-0.2, 0) is 22.1 Å². The molecule has 3 aromatic rings. The standard InChI is InChI=1S/C18H17BrN4O3S/c1-27(25,26)11-14-3-2-4-15(9-14)17(24)21-18-20-12-23(22-18)10-13-5-7-16(19)8-6-13/h2-9,12H,10-11H2,1H3,(H,21,22,24). The zero-order valence-electron chi connectivity index (χ0n) is 14.5. The maximum atomic E-state index is 12.4. The third kappa shape index (κ3) is 5.73. The first-order valence-corrected chi connectivity index (χ1v) is 10.9. The molecule has 0 fully saturated rings. The Morgan fingerprint density at radius 3 is 2.59 bits per heavy atom. The molecule has 2 aromatic carbocycles. The van der Waals surface area contributed by atoms with E-state index in [1.54, 1.807) is 28.9 Å². The van der Waals surface area contributed by atoms with Crippen LogP contribution in [-0.4, -0.2) is 35.3 Å². The minimum Gasteiger partial charge on any atom is -0.289 e. The number of carbonyl (C=O) groups is 1. The molecular weight excluding hydrogens is 432 g/mol. The van der Waals surface area contributed by atoms with Crippen LogP contribution in [0.3, 0.4) is 0 Å². The van der Waals surface area contributed by atoms with E-state index in [1.165, 1.54) is 6.33 Å². The van der Waals surface area contributed by atoms with Gasteiger partial charge in [0.1, 0.15) is 6.33 Å². The van der Waals surface area contributed by atoms with Gasteiger partial charge in [0, 0.05) is 16.3 Å². The predicted molar refractivity (Wildman–Crippen MR) is 106 cm³/mol. The molecule has 1 amide bonds. The minimum atomic E-state index is -3.17. The number of sulfone groups is 1. The average Bonchev–Trinajstić information content (AvgIpc) is 3.02. The molecule has 0 saturated heterocycles. The number of benzene rings is 2.